The van der Waals surface area contributed by atoms with Crippen LogP contribution in [0.3, 0.4) is 0 Å². The lowest BCUT2D eigenvalue weighted by Crippen LogP contribution is -2.24. The van der Waals surface area contributed by atoms with Crippen LogP contribution in [0.4, 0.5) is 11.5 Å². The van der Waals surface area contributed by atoms with E-state index in [2.05, 4.69) is 26.7 Å². The van der Waals surface area contributed by atoms with Crippen molar-refractivity contribution < 1.29 is 4.79 Å². The molecule has 0 saturated heterocycles. The van der Waals surface area contributed by atoms with Crippen molar-refractivity contribution in [3.8, 4) is 0 Å². The number of hydrogen-bond acceptors (Lipinski definition) is 4. The molecule has 0 aliphatic rings. The minimum Gasteiger partial charge on any atom is -0.347 e. The summed E-state index contributed by atoms with van der Waals surface area (Å²) in [6, 6.07) is 15.1. The Kier molecular flexibility index (Phi) is 5.49. The zero-order valence-corrected chi connectivity index (χ0v) is 15.3. The zero-order valence-electron chi connectivity index (χ0n) is 14.6. The number of carbonyl (C=O) groups excluding carboxylic acids is 1. The van der Waals surface area contributed by atoms with Crippen molar-refractivity contribution in [3.05, 3.63) is 82.3 Å². The number of carbonyl (C=O) groups is 1. The molecule has 0 fully saturated rings. The summed E-state index contributed by atoms with van der Waals surface area (Å²) < 4.78 is 0. The van der Waals surface area contributed by atoms with Gasteiger partial charge in [-0.25, -0.2) is 9.97 Å². The van der Waals surface area contributed by atoms with Gasteiger partial charge in [-0.1, -0.05) is 35.9 Å². The molecule has 1 amide bonds. The summed E-state index contributed by atoms with van der Waals surface area (Å²) in [5.74, 6) is 0.316. The molecule has 1 aromatic heterocycles. The van der Waals surface area contributed by atoms with Crippen LogP contribution in [0.25, 0.3) is 0 Å². The number of halogens is 1. The van der Waals surface area contributed by atoms with E-state index < -0.39 is 0 Å². The standard InChI is InChI=1S/C20H19ClN4O/c1-13-3-4-14(2)17(9-13)25-19-10-18(23-12-24-19)20(26)22-11-15-5-7-16(21)8-6-15/h3-10,12H,11H2,1-2H3,(H,22,26)(H,23,24,25). The molecule has 0 atom stereocenters. The first kappa shape index (κ1) is 17.9. The fourth-order valence-electron chi connectivity index (χ4n) is 2.43. The van der Waals surface area contributed by atoms with Gasteiger partial charge in [-0.05, 0) is 48.7 Å². The summed E-state index contributed by atoms with van der Waals surface area (Å²) >= 11 is 5.86. The lowest BCUT2D eigenvalue weighted by Gasteiger charge is -2.10. The van der Waals surface area contributed by atoms with Crippen LogP contribution in [0.2, 0.25) is 5.02 Å². The molecular formula is C20H19ClN4O. The topological polar surface area (TPSA) is 66.9 Å². The highest BCUT2D eigenvalue weighted by atomic mass is 35.5. The third-order valence-electron chi connectivity index (χ3n) is 3.92. The first-order chi connectivity index (χ1) is 12.5. The molecule has 0 bridgehead atoms. The van der Waals surface area contributed by atoms with Crippen molar-refractivity contribution in [1.82, 2.24) is 15.3 Å². The Hall–Kier alpha value is -2.92. The molecule has 1 heterocycles. The van der Waals surface area contributed by atoms with E-state index in [1.807, 2.05) is 38.1 Å². The first-order valence-electron chi connectivity index (χ1n) is 8.20. The van der Waals surface area contributed by atoms with Gasteiger partial charge in [0.25, 0.3) is 5.91 Å². The molecule has 132 valence electrons. The summed E-state index contributed by atoms with van der Waals surface area (Å²) in [5.41, 5.74) is 4.47. The monoisotopic (exact) mass is 366 g/mol. The van der Waals surface area contributed by atoms with E-state index in [9.17, 15) is 4.79 Å². The van der Waals surface area contributed by atoms with Crippen LogP contribution >= 0.6 is 11.6 Å². The molecule has 0 radical (unpaired) electrons. The van der Waals surface area contributed by atoms with Crippen molar-refractivity contribution in [2.75, 3.05) is 5.32 Å². The summed E-state index contributed by atoms with van der Waals surface area (Å²) in [5, 5.41) is 6.75. The molecule has 3 aromatic rings. The highest BCUT2D eigenvalue weighted by Crippen LogP contribution is 2.20. The molecule has 2 aromatic carbocycles. The molecule has 0 aliphatic heterocycles. The van der Waals surface area contributed by atoms with Crippen LogP contribution in [0, 0.1) is 13.8 Å². The van der Waals surface area contributed by atoms with E-state index in [4.69, 9.17) is 11.6 Å². The number of anilines is 2. The number of aryl methyl sites for hydroxylation is 2. The van der Waals surface area contributed by atoms with Crippen LogP contribution in [0.15, 0.2) is 54.9 Å². The number of nitrogens with one attached hydrogen (secondary N) is 2. The normalized spacial score (nSPS) is 10.4. The van der Waals surface area contributed by atoms with E-state index in [1.54, 1.807) is 18.2 Å². The van der Waals surface area contributed by atoms with E-state index >= 15 is 0 Å². The summed E-state index contributed by atoms with van der Waals surface area (Å²) in [6.07, 6.45) is 1.38. The Balaban J connectivity index is 1.69. The van der Waals surface area contributed by atoms with Crippen LogP contribution in [0.5, 0.6) is 0 Å². The first-order valence-corrected chi connectivity index (χ1v) is 8.58. The van der Waals surface area contributed by atoms with Crippen LogP contribution < -0.4 is 10.6 Å². The number of amides is 1. The minimum atomic E-state index is -0.258. The van der Waals surface area contributed by atoms with Gasteiger partial charge in [0, 0.05) is 23.3 Å². The Bertz CT molecular complexity index is 925. The van der Waals surface area contributed by atoms with Crippen molar-refractivity contribution in [2.45, 2.75) is 20.4 Å². The van der Waals surface area contributed by atoms with Gasteiger partial charge in [0.05, 0.1) is 0 Å². The van der Waals surface area contributed by atoms with Gasteiger partial charge in [-0.2, -0.15) is 0 Å². The van der Waals surface area contributed by atoms with E-state index in [-0.39, 0.29) is 5.91 Å². The van der Waals surface area contributed by atoms with Gasteiger partial charge >= 0.3 is 0 Å². The van der Waals surface area contributed by atoms with Gasteiger partial charge in [0.1, 0.15) is 17.8 Å². The molecule has 0 saturated carbocycles. The smallest absolute Gasteiger partial charge is 0.270 e. The summed E-state index contributed by atoms with van der Waals surface area (Å²) in [7, 11) is 0. The Labute approximate surface area is 157 Å². The summed E-state index contributed by atoms with van der Waals surface area (Å²) in [6.45, 7) is 4.45. The van der Waals surface area contributed by atoms with E-state index in [0.717, 1.165) is 22.4 Å². The number of hydrogen-bond donors (Lipinski definition) is 2. The molecule has 3 rings (SSSR count). The number of rotatable bonds is 5. The molecule has 5 nitrogen and oxygen atoms in total. The Morgan fingerprint density at radius 2 is 1.81 bits per heavy atom. The van der Waals surface area contributed by atoms with Crippen LogP contribution in [-0.2, 0) is 6.54 Å². The second kappa shape index (κ2) is 7.97. The maximum absolute atomic E-state index is 12.4. The largest absolute Gasteiger partial charge is 0.347 e. The lowest BCUT2D eigenvalue weighted by molar-refractivity contribution is 0.0946. The number of aromatic nitrogens is 2. The second-order valence-corrected chi connectivity index (χ2v) is 6.48. The van der Waals surface area contributed by atoms with E-state index in [0.29, 0.717) is 23.1 Å². The zero-order chi connectivity index (χ0) is 18.5. The van der Waals surface area contributed by atoms with Crippen LogP contribution in [-0.4, -0.2) is 15.9 Å². The predicted octanol–water partition coefficient (Wildman–Crippen LogP) is 4.42. The van der Waals surface area contributed by atoms with Gasteiger partial charge in [-0.3, -0.25) is 4.79 Å². The van der Waals surface area contributed by atoms with E-state index in [1.165, 1.54) is 6.33 Å². The number of benzene rings is 2. The molecule has 0 unspecified atom stereocenters. The Morgan fingerprint density at radius 1 is 1.04 bits per heavy atom. The van der Waals surface area contributed by atoms with Gasteiger partial charge < -0.3 is 10.6 Å². The third kappa shape index (κ3) is 4.58. The van der Waals surface area contributed by atoms with Gasteiger partial charge in [0.15, 0.2) is 0 Å². The maximum Gasteiger partial charge on any atom is 0.270 e. The summed E-state index contributed by atoms with van der Waals surface area (Å²) in [4.78, 5) is 20.6. The maximum atomic E-state index is 12.4. The Morgan fingerprint density at radius 3 is 2.58 bits per heavy atom. The van der Waals surface area contributed by atoms with Gasteiger partial charge in [0.2, 0.25) is 0 Å². The van der Waals surface area contributed by atoms with Crippen molar-refractivity contribution >= 4 is 29.0 Å². The molecule has 26 heavy (non-hydrogen) atoms. The molecule has 0 spiro atoms. The predicted molar refractivity (Wildman–Crippen MR) is 104 cm³/mol. The van der Waals surface area contributed by atoms with Crippen molar-refractivity contribution in [3.63, 3.8) is 0 Å². The minimum absolute atomic E-state index is 0.258. The molecular weight excluding hydrogens is 348 g/mol. The van der Waals surface area contributed by atoms with Crippen molar-refractivity contribution in [1.29, 1.82) is 0 Å². The number of nitrogens with zero attached hydrogens (tertiary/aromatic N) is 2. The molecule has 2 N–H and O–H groups in total. The third-order valence-corrected chi connectivity index (χ3v) is 4.17. The average Bonchev–Trinajstić information content (AvgIpc) is 2.64. The van der Waals surface area contributed by atoms with Crippen LogP contribution in [0.1, 0.15) is 27.2 Å². The quantitative estimate of drug-likeness (QED) is 0.701. The van der Waals surface area contributed by atoms with Gasteiger partial charge in [-0.15, -0.1) is 0 Å². The SMILES string of the molecule is Cc1ccc(C)c(Nc2cc(C(=O)NCc3ccc(Cl)cc3)ncn2)c1. The molecule has 6 heteroatoms. The molecule has 0 aliphatic carbocycles. The highest BCUT2D eigenvalue weighted by Gasteiger charge is 2.09. The second-order valence-electron chi connectivity index (χ2n) is 6.04. The average molecular weight is 367 g/mol. The highest BCUT2D eigenvalue weighted by molar-refractivity contribution is 6.30. The fourth-order valence-corrected chi connectivity index (χ4v) is 2.56. The fraction of sp³-hybridized carbons (Fsp3) is 0.150. The lowest BCUT2D eigenvalue weighted by atomic mass is 10.1. The van der Waals surface area contributed by atoms with Crippen molar-refractivity contribution in [2.24, 2.45) is 0 Å².